The van der Waals surface area contributed by atoms with Crippen molar-refractivity contribution in [3.05, 3.63) is 33.8 Å². The van der Waals surface area contributed by atoms with Crippen LogP contribution in [0.5, 0.6) is 0 Å². The molecule has 0 aliphatic carbocycles. The normalized spacial score (nSPS) is 17.1. The van der Waals surface area contributed by atoms with E-state index in [-0.39, 0.29) is 0 Å². The molecule has 17 heavy (non-hydrogen) atoms. The number of hydrogen-bond acceptors (Lipinski definition) is 2. The summed E-state index contributed by atoms with van der Waals surface area (Å²) in [5, 5.41) is -0.407. The molecular weight excluding hydrogens is 302 g/mol. The van der Waals surface area contributed by atoms with E-state index in [1.165, 1.54) is 37.9 Å². The van der Waals surface area contributed by atoms with Gasteiger partial charge in [-0.25, -0.2) is 0 Å². The van der Waals surface area contributed by atoms with Crippen LogP contribution in [0.25, 0.3) is 0 Å². The molecule has 0 amide bonds. The number of halogens is 2. The first-order valence-electron chi connectivity index (χ1n) is 5.87. The quantitative estimate of drug-likeness (QED) is 0.790. The molecular formula is C13H15BrClNO. The molecule has 1 aliphatic heterocycles. The van der Waals surface area contributed by atoms with Crippen LogP contribution in [0, 0.1) is 0 Å². The van der Waals surface area contributed by atoms with Crippen molar-refractivity contribution < 1.29 is 4.79 Å². The fourth-order valence-electron chi connectivity index (χ4n) is 2.16. The first kappa shape index (κ1) is 13.1. The van der Waals surface area contributed by atoms with Crippen LogP contribution in [0.1, 0.15) is 35.2 Å². The highest BCUT2D eigenvalue weighted by molar-refractivity contribution is 9.10. The van der Waals surface area contributed by atoms with Crippen LogP contribution in [0.2, 0.25) is 0 Å². The molecule has 0 bridgehead atoms. The van der Waals surface area contributed by atoms with Crippen molar-refractivity contribution in [1.29, 1.82) is 0 Å². The molecule has 0 aromatic heterocycles. The Balaban J connectivity index is 2.08. The Morgan fingerprint density at radius 3 is 2.59 bits per heavy atom. The Labute approximate surface area is 115 Å². The maximum absolute atomic E-state index is 11.0. The van der Waals surface area contributed by atoms with E-state index in [0.717, 1.165) is 11.0 Å². The lowest BCUT2D eigenvalue weighted by molar-refractivity contribution is 0.108. The van der Waals surface area contributed by atoms with Crippen molar-refractivity contribution >= 4 is 32.8 Å². The molecule has 1 saturated heterocycles. The first-order valence-corrected chi connectivity index (χ1v) is 7.04. The first-order chi connectivity index (χ1) is 8.16. The molecule has 2 rings (SSSR count). The van der Waals surface area contributed by atoms with Gasteiger partial charge in [0.2, 0.25) is 0 Å². The van der Waals surface area contributed by atoms with Gasteiger partial charge in [0, 0.05) is 16.6 Å². The van der Waals surface area contributed by atoms with E-state index in [1.807, 2.05) is 6.07 Å². The highest BCUT2D eigenvalue weighted by atomic mass is 79.9. The molecule has 2 nitrogen and oxygen atoms in total. The zero-order valence-corrected chi connectivity index (χ0v) is 11.9. The molecule has 1 aliphatic rings. The summed E-state index contributed by atoms with van der Waals surface area (Å²) >= 11 is 8.95. The summed E-state index contributed by atoms with van der Waals surface area (Å²) in [7, 11) is 0. The van der Waals surface area contributed by atoms with Gasteiger partial charge < -0.3 is 0 Å². The van der Waals surface area contributed by atoms with E-state index in [9.17, 15) is 4.79 Å². The van der Waals surface area contributed by atoms with Crippen molar-refractivity contribution in [2.75, 3.05) is 13.1 Å². The lowest BCUT2D eigenvalue weighted by atomic mass is 10.1. The fraction of sp³-hybridized carbons (Fsp3) is 0.462. The monoisotopic (exact) mass is 315 g/mol. The van der Waals surface area contributed by atoms with Crippen LogP contribution in [0.15, 0.2) is 22.7 Å². The molecule has 0 N–H and O–H groups in total. The van der Waals surface area contributed by atoms with E-state index in [2.05, 4.69) is 20.8 Å². The Morgan fingerprint density at radius 1 is 1.29 bits per heavy atom. The number of benzene rings is 1. The van der Waals surface area contributed by atoms with E-state index < -0.39 is 5.24 Å². The average molecular weight is 317 g/mol. The Kier molecular flexibility index (Phi) is 4.60. The largest absolute Gasteiger partial charge is 0.299 e. The minimum absolute atomic E-state index is 0.407. The summed E-state index contributed by atoms with van der Waals surface area (Å²) < 4.78 is 0.967. The third-order valence-corrected chi connectivity index (χ3v) is 4.08. The summed E-state index contributed by atoms with van der Waals surface area (Å²) in [5.74, 6) is 0. The predicted octanol–water partition coefficient (Wildman–Crippen LogP) is 3.81. The van der Waals surface area contributed by atoms with Crippen molar-refractivity contribution in [2.45, 2.75) is 25.8 Å². The summed E-state index contributed by atoms with van der Waals surface area (Å²) in [4.78, 5) is 13.5. The van der Waals surface area contributed by atoms with Crippen LogP contribution >= 0.6 is 27.5 Å². The van der Waals surface area contributed by atoms with Crippen LogP contribution in [0.4, 0.5) is 0 Å². The van der Waals surface area contributed by atoms with Gasteiger partial charge in [-0.2, -0.15) is 0 Å². The third kappa shape index (κ3) is 3.54. The second kappa shape index (κ2) is 5.98. The predicted molar refractivity (Wildman–Crippen MR) is 73.5 cm³/mol. The van der Waals surface area contributed by atoms with Crippen molar-refractivity contribution in [3.8, 4) is 0 Å². The van der Waals surface area contributed by atoms with Gasteiger partial charge in [-0.05, 0) is 55.2 Å². The Hall–Kier alpha value is -0.380. The third-order valence-electron chi connectivity index (χ3n) is 3.12. The van der Waals surface area contributed by atoms with Crippen molar-refractivity contribution in [2.24, 2.45) is 0 Å². The van der Waals surface area contributed by atoms with Gasteiger partial charge in [0.05, 0.1) is 0 Å². The molecule has 4 heteroatoms. The summed E-state index contributed by atoms with van der Waals surface area (Å²) in [6, 6.07) is 5.57. The number of carbonyl (C=O) groups excluding carboxylic acids is 1. The molecule has 1 fully saturated rings. The molecule has 0 radical (unpaired) electrons. The minimum Gasteiger partial charge on any atom is -0.299 e. The van der Waals surface area contributed by atoms with Crippen molar-refractivity contribution in [3.63, 3.8) is 0 Å². The molecule has 0 unspecified atom stereocenters. The topological polar surface area (TPSA) is 20.3 Å². The van der Waals surface area contributed by atoms with E-state index in [0.29, 0.717) is 5.56 Å². The Bertz CT molecular complexity index is 416. The Morgan fingerprint density at radius 2 is 2.00 bits per heavy atom. The molecule has 0 saturated carbocycles. The number of nitrogens with zero attached hydrogens (tertiary/aromatic N) is 1. The second-order valence-electron chi connectivity index (χ2n) is 4.42. The number of piperidine rings is 1. The molecule has 92 valence electrons. The number of likely N-dealkylation sites (tertiary alicyclic amines) is 1. The smallest absolute Gasteiger partial charge is 0.252 e. The van der Waals surface area contributed by atoms with Crippen LogP contribution in [-0.4, -0.2) is 23.2 Å². The standard InChI is InChI=1S/C13H15BrClNO/c14-12-8-10(13(15)17)4-5-11(12)9-16-6-2-1-3-7-16/h4-5,8H,1-3,6-7,9H2. The fourth-order valence-corrected chi connectivity index (χ4v) is 2.78. The lowest BCUT2D eigenvalue weighted by Gasteiger charge is -2.26. The van der Waals surface area contributed by atoms with E-state index in [1.54, 1.807) is 12.1 Å². The summed E-state index contributed by atoms with van der Waals surface area (Å²) in [6.07, 6.45) is 3.92. The zero-order chi connectivity index (χ0) is 12.3. The van der Waals surface area contributed by atoms with Crippen LogP contribution in [0.3, 0.4) is 0 Å². The van der Waals surface area contributed by atoms with Gasteiger partial charge in [0.25, 0.3) is 5.24 Å². The zero-order valence-electron chi connectivity index (χ0n) is 9.59. The maximum Gasteiger partial charge on any atom is 0.252 e. The van der Waals surface area contributed by atoms with Crippen LogP contribution < -0.4 is 0 Å². The number of rotatable bonds is 3. The highest BCUT2D eigenvalue weighted by Crippen LogP contribution is 2.22. The van der Waals surface area contributed by atoms with Gasteiger partial charge in [-0.1, -0.05) is 28.4 Å². The van der Waals surface area contributed by atoms with E-state index >= 15 is 0 Å². The second-order valence-corrected chi connectivity index (χ2v) is 5.61. The number of hydrogen-bond donors (Lipinski definition) is 0. The van der Waals surface area contributed by atoms with Gasteiger partial charge in [-0.15, -0.1) is 0 Å². The van der Waals surface area contributed by atoms with Crippen molar-refractivity contribution in [1.82, 2.24) is 4.90 Å². The summed E-state index contributed by atoms with van der Waals surface area (Å²) in [5.41, 5.74) is 1.76. The van der Waals surface area contributed by atoms with Gasteiger partial charge in [-0.3, -0.25) is 9.69 Å². The molecule has 0 atom stereocenters. The maximum atomic E-state index is 11.0. The molecule has 1 aromatic rings. The summed E-state index contributed by atoms with van der Waals surface area (Å²) in [6.45, 7) is 3.28. The van der Waals surface area contributed by atoms with E-state index in [4.69, 9.17) is 11.6 Å². The van der Waals surface area contributed by atoms with Gasteiger partial charge in [0.15, 0.2) is 0 Å². The lowest BCUT2D eigenvalue weighted by Crippen LogP contribution is -2.29. The molecule has 1 heterocycles. The van der Waals surface area contributed by atoms with Gasteiger partial charge >= 0.3 is 0 Å². The number of carbonyl (C=O) groups is 1. The van der Waals surface area contributed by atoms with Gasteiger partial charge in [0.1, 0.15) is 0 Å². The molecule has 0 spiro atoms. The highest BCUT2D eigenvalue weighted by Gasteiger charge is 2.13. The van der Waals surface area contributed by atoms with Crippen LogP contribution in [-0.2, 0) is 6.54 Å². The SMILES string of the molecule is O=C(Cl)c1ccc(CN2CCCCC2)c(Br)c1. The minimum atomic E-state index is -0.407. The average Bonchev–Trinajstić information content (AvgIpc) is 2.33. The molecule has 1 aromatic carbocycles.